The molecule has 0 aliphatic rings. The van der Waals surface area contributed by atoms with Gasteiger partial charge in [0.05, 0.1) is 0 Å². The highest BCUT2D eigenvalue weighted by Crippen LogP contribution is 2.27. The summed E-state index contributed by atoms with van der Waals surface area (Å²) in [6, 6.07) is 17.2. The van der Waals surface area contributed by atoms with Crippen molar-refractivity contribution >= 4 is 27.1 Å². The number of nitrogens with zero attached hydrogens (tertiary/aromatic N) is 4. The normalized spacial score (nSPS) is 11.2. The molecule has 7 heteroatoms. The Kier molecular flexibility index (Phi) is 3.88. The van der Waals surface area contributed by atoms with Crippen molar-refractivity contribution in [1.82, 2.24) is 18.7 Å². The van der Waals surface area contributed by atoms with Crippen LogP contribution in [0.25, 0.3) is 28.2 Å². The summed E-state index contributed by atoms with van der Waals surface area (Å²) in [4.78, 5) is 29.8. The highest BCUT2D eigenvalue weighted by atomic mass is 79.9. The molecule has 26 heavy (non-hydrogen) atoms. The number of hydrogen-bond acceptors (Lipinski definition) is 3. The first-order chi connectivity index (χ1) is 12.5. The van der Waals surface area contributed by atoms with Crippen LogP contribution in [-0.4, -0.2) is 18.7 Å². The molecule has 0 aliphatic carbocycles. The molecule has 0 bridgehead atoms. The standard InChI is InChI=1S/C19H15BrN4O2/c1-22-17-15(18(25)23(2)19(22)26)24(14-10-8-13(20)9-11-14)16(21-17)12-6-4-3-5-7-12/h3-11H,1-2H3. The van der Waals surface area contributed by atoms with E-state index in [1.54, 1.807) is 11.6 Å². The van der Waals surface area contributed by atoms with Crippen molar-refractivity contribution in [2.75, 3.05) is 0 Å². The predicted octanol–water partition coefficient (Wildman–Crippen LogP) is 2.85. The quantitative estimate of drug-likeness (QED) is 0.510. The van der Waals surface area contributed by atoms with E-state index in [0.717, 1.165) is 20.3 Å². The SMILES string of the molecule is Cn1c(=O)c2c(nc(-c3ccccc3)n2-c2ccc(Br)cc2)n(C)c1=O. The Hall–Kier alpha value is -2.93. The number of halogens is 1. The average molecular weight is 411 g/mol. The van der Waals surface area contributed by atoms with Crippen molar-refractivity contribution in [2.24, 2.45) is 14.1 Å². The fraction of sp³-hybridized carbons (Fsp3) is 0.105. The molecular formula is C19H15BrN4O2. The predicted molar refractivity (Wildman–Crippen MR) is 105 cm³/mol. The van der Waals surface area contributed by atoms with E-state index in [2.05, 4.69) is 20.9 Å². The van der Waals surface area contributed by atoms with Gasteiger partial charge in [-0.15, -0.1) is 0 Å². The first kappa shape index (κ1) is 16.5. The fourth-order valence-corrected chi connectivity index (χ4v) is 3.28. The van der Waals surface area contributed by atoms with Crippen LogP contribution in [0.15, 0.2) is 68.7 Å². The lowest BCUT2D eigenvalue weighted by Crippen LogP contribution is -2.37. The van der Waals surface area contributed by atoms with Gasteiger partial charge in [-0.2, -0.15) is 0 Å². The maximum Gasteiger partial charge on any atom is 0.332 e. The van der Waals surface area contributed by atoms with Crippen molar-refractivity contribution in [2.45, 2.75) is 0 Å². The molecule has 2 aromatic heterocycles. The van der Waals surface area contributed by atoms with Crippen LogP contribution in [0.5, 0.6) is 0 Å². The molecule has 2 heterocycles. The van der Waals surface area contributed by atoms with Gasteiger partial charge in [0.15, 0.2) is 11.2 Å². The van der Waals surface area contributed by atoms with E-state index in [0.29, 0.717) is 17.0 Å². The van der Waals surface area contributed by atoms with Gasteiger partial charge in [-0.05, 0) is 24.3 Å². The average Bonchev–Trinajstić information content (AvgIpc) is 3.07. The Bertz CT molecular complexity index is 1240. The van der Waals surface area contributed by atoms with E-state index >= 15 is 0 Å². The van der Waals surface area contributed by atoms with E-state index in [4.69, 9.17) is 0 Å². The minimum Gasteiger partial charge on any atom is -0.286 e. The summed E-state index contributed by atoms with van der Waals surface area (Å²) in [6.45, 7) is 0. The fourth-order valence-electron chi connectivity index (χ4n) is 3.02. The van der Waals surface area contributed by atoms with Crippen LogP contribution in [0.2, 0.25) is 0 Å². The van der Waals surface area contributed by atoms with Crippen molar-refractivity contribution < 1.29 is 0 Å². The van der Waals surface area contributed by atoms with Gasteiger partial charge in [0.25, 0.3) is 5.56 Å². The number of benzene rings is 2. The van der Waals surface area contributed by atoms with E-state index in [9.17, 15) is 9.59 Å². The molecule has 4 aromatic rings. The van der Waals surface area contributed by atoms with Crippen LogP contribution in [0.3, 0.4) is 0 Å². The van der Waals surface area contributed by atoms with Crippen LogP contribution >= 0.6 is 15.9 Å². The second-order valence-corrected chi connectivity index (χ2v) is 6.91. The number of rotatable bonds is 2. The molecule has 0 amide bonds. The van der Waals surface area contributed by atoms with Gasteiger partial charge in [0, 0.05) is 29.8 Å². The Balaban J connectivity index is 2.21. The second kappa shape index (κ2) is 6.10. The summed E-state index contributed by atoms with van der Waals surface area (Å²) in [6.07, 6.45) is 0. The highest BCUT2D eigenvalue weighted by molar-refractivity contribution is 9.10. The maximum atomic E-state index is 12.9. The lowest BCUT2D eigenvalue weighted by atomic mass is 10.2. The Morgan fingerprint density at radius 2 is 1.54 bits per heavy atom. The zero-order valence-electron chi connectivity index (χ0n) is 14.2. The summed E-state index contributed by atoms with van der Waals surface area (Å²) < 4.78 is 5.25. The van der Waals surface area contributed by atoms with Crippen molar-refractivity contribution in [3.8, 4) is 17.1 Å². The van der Waals surface area contributed by atoms with Crippen LogP contribution < -0.4 is 11.2 Å². The number of fused-ring (bicyclic) bond motifs is 1. The molecule has 4 rings (SSSR count). The maximum absolute atomic E-state index is 12.9. The summed E-state index contributed by atoms with van der Waals surface area (Å²) in [5, 5.41) is 0. The van der Waals surface area contributed by atoms with Gasteiger partial charge in [0.2, 0.25) is 0 Å². The van der Waals surface area contributed by atoms with Gasteiger partial charge in [-0.1, -0.05) is 46.3 Å². The third kappa shape index (κ3) is 2.43. The van der Waals surface area contributed by atoms with Gasteiger partial charge in [0.1, 0.15) is 5.82 Å². The molecule has 6 nitrogen and oxygen atoms in total. The van der Waals surface area contributed by atoms with Crippen LogP contribution in [0, 0.1) is 0 Å². The molecule has 0 saturated carbocycles. The topological polar surface area (TPSA) is 61.8 Å². The molecule has 130 valence electrons. The molecule has 0 spiro atoms. The van der Waals surface area contributed by atoms with E-state index < -0.39 is 5.69 Å². The number of hydrogen-bond donors (Lipinski definition) is 0. The minimum absolute atomic E-state index is 0.361. The lowest BCUT2D eigenvalue weighted by Gasteiger charge is -2.10. The molecular weight excluding hydrogens is 396 g/mol. The number of aryl methyl sites for hydroxylation is 1. The number of aromatic nitrogens is 4. The molecule has 2 aromatic carbocycles. The first-order valence-electron chi connectivity index (χ1n) is 7.99. The molecule has 0 fully saturated rings. The molecule has 0 saturated heterocycles. The van der Waals surface area contributed by atoms with Crippen molar-refractivity contribution in [1.29, 1.82) is 0 Å². The van der Waals surface area contributed by atoms with Gasteiger partial charge < -0.3 is 0 Å². The number of imidazole rings is 1. The zero-order chi connectivity index (χ0) is 18.4. The smallest absolute Gasteiger partial charge is 0.286 e. The molecule has 0 unspecified atom stereocenters. The lowest BCUT2D eigenvalue weighted by molar-refractivity contribution is 0.707. The summed E-state index contributed by atoms with van der Waals surface area (Å²) in [7, 11) is 3.10. The summed E-state index contributed by atoms with van der Waals surface area (Å²) >= 11 is 3.43. The highest BCUT2D eigenvalue weighted by Gasteiger charge is 2.21. The van der Waals surface area contributed by atoms with Crippen molar-refractivity contribution in [3.63, 3.8) is 0 Å². The monoisotopic (exact) mass is 410 g/mol. The minimum atomic E-state index is -0.400. The van der Waals surface area contributed by atoms with E-state index in [1.807, 2.05) is 54.6 Å². The van der Waals surface area contributed by atoms with Crippen LogP contribution in [0.4, 0.5) is 0 Å². The Morgan fingerprint density at radius 1 is 0.885 bits per heavy atom. The Labute approximate surface area is 157 Å². The largest absolute Gasteiger partial charge is 0.332 e. The third-order valence-corrected chi connectivity index (χ3v) is 4.90. The molecule has 0 radical (unpaired) electrons. The zero-order valence-corrected chi connectivity index (χ0v) is 15.8. The molecule has 0 N–H and O–H groups in total. The summed E-state index contributed by atoms with van der Waals surface area (Å²) in [5.41, 5.74) is 1.62. The first-order valence-corrected chi connectivity index (χ1v) is 8.78. The second-order valence-electron chi connectivity index (χ2n) is 5.99. The van der Waals surface area contributed by atoms with Crippen molar-refractivity contribution in [3.05, 3.63) is 79.9 Å². The van der Waals surface area contributed by atoms with E-state index in [-0.39, 0.29) is 5.56 Å². The van der Waals surface area contributed by atoms with Crippen LogP contribution in [0.1, 0.15) is 0 Å². The molecule has 0 aliphatic heterocycles. The molecule has 0 atom stereocenters. The van der Waals surface area contributed by atoms with Gasteiger partial charge >= 0.3 is 5.69 Å². The van der Waals surface area contributed by atoms with E-state index in [1.165, 1.54) is 11.6 Å². The summed E-state index contributed by atoms with van der Waals surface area (Å²) in [5.74, 6) is 0.612. The van der Waals surface area contributed by atoms with Crippen LogP contribution in [-0.2, 0) is 14.1 Å². The third-order valence-electron chi connectivity index (χ3n) is 4.37. The van der Waals surface area contributed by atoms with Gasteiger partial charge in [-0.25, -0.2) is 9.78 Å². The Morgan fingerprint density at radius 3 is 2.19 bits per heavy atom. The van der Waals surface area contributed by atoms with Gasteiger partial charge in [-0.3, -0.25) is 18.5 Å².